The van der Waals surface area contributed by atoms with Gasteiger partial charge in [-0.3, -0.25) is 9.78 Å². The Kier molecular flexibility index (Phi) is 5.74. The van der Waals surface area contributed by atoms with Crippen molar-refractivity contribution in [2.75, 3.05) is 26.2 Å². The predicted molar refractivity (Wildman–Crippen MR) is 110 cm³/mol. The average molecular weight is 443 g/mol. The molecule has 1 aliphatic rings. The summed E-state index contributed by atoms with van der Waals surface area (Å²) in [4.78, 5) is 27.0. The molecule has 0 aliphatic carbocycles. The van der Waals surface area contributed by atoms with Crippen LogP contribution in [0.15, 0.2) is 41.8 Å². The maximum absolute atomic E-state index is 13.4. The number of pyridine rings is 1. The molecule has 12 heteroatoms. The number of H-pyrrole nitrogens is 1. The van der Waals surface area contributed by atoms with Gasteiger partial charge in [-0.1, -0.05) is 13.8 Å². The molecule has 1 aliphatic heterocycles. The van der Waals surface area contributed by atoms with Crippen molar-refractivity contribution in [3.05, 3.63) is 48.3 Å². The van der Waals surface area contributed by atoms with Crippen LogP contribution in [0.25, 0.3) is 11.4 Å². The average Bonchev–Trinajstić information content (AvgIpc) is 3.34. The van der Waals surface area contributed by atoms with Crippen LogP contribution in [0.4, 0.5) is 0 Å². The lowest BCUT2D eigenvalue weighted by atomic mass is 10.1. The summed E-state index contributed by atoms with van der Waals surface area (Å²) in [5, 5.41) is 9.84. The molecule has 0 radical (unpaired) electrons. The predicted octanol–water partition coefficient (Wildman–Crippen LogP) is 0.927. The Hall–Kier alpha value is -3.25. The molecule has 0 saturated carbocycles. The van der Waals surface area contributed by atoms with E-state index in [4.69, 9.17) is 0 Å². The molecule has 11 nitrogen and oxygen atoms in total. The lowest BCUT2D eigenvalue weighted by Crippen LogP contribution is -2.50. The molecule has 4 rings (SSSR count). The number of aromatic amines is 1. The van der Waals surface area contributed by atoms with Gasteiger partial charge in [0.1, 0.15) is 4.90 Å². The fourth-order valence-corrected chi connectivity index (χ4v) is 5.02. The lowest BCUT2D eigenvalue weighted by Gasteiger charge is -2.33. The molecule has 4 heterocycles. The molecule has 3 aromatic heterocycles. The Morgan fingerprint density at radius 3 is 2.52 bits per heavy atom. The van der Waals surface area contributed by atoms with Crippen molar-refractivity contribution in [2.24, 2.45) is 0 Å². The highest BCUT2D eigenvalue weighted by atomic mass is 32.2. The SMILES string of the molecule is CC(C)c1nc(-c2cccnc2)ncc1S(=O)(=O)N1CCN(C(=O)c2cn[nH]n2)CC1. The zero-order valence-electron chi connectivity index (χ0n) is 17.1. The zero-order valence-corrected chi connectivity index (χ0v) is 17.9. The fourth-order valence-electron chi connectivity index (χ4n) is 3.37. The van der Waals surface area contributed by atoms with E-state index in [1.807, 2.05) is 19.9 Å². The van der Waals surface area contributed by atoms with E-state index in [0.29, 0.717) is 17.1 Å². The quantitative estimate of drug-likeness (QED) is 0.616. The monoisotopic (exact) mass is 442 g/mol. The number of hydrogen-bond donors (Lipinski definition) is 1. The van der Waals surface area contributed by atoms with E-state index >= 15 is 0 Å². The van der Waals surface area contributed by atoms with Gasteiger partial charge in [-0.05, 0) is 18.1 Å². The Balaban J connectivity index is 1.57. The van der Waals surface area contributed by atoms with Crippen LogP contribution in [-0.4, -0.2) is 80.1 Å². The minimum absolute atomic E-state index is 0.0893. The number of carbonyl (C=O) groups is 1. The second-order valence-electron chi connectivity index (χ2n) is 7.39. The first kappa shape index (κ1) is 21.0. The number of carbonyl (C=O) groups excluding carboxylic acids is 1. The number of hydrogen-bond acceptors (Lipinski definition) is 8. The van der Waals surface area contributed by atoms with Gasteiger partial charge in [0.25, 0.3) is 5.91 Å². The highest BCUT2D eigenvalue weighted by Crippen LogP contribution is 2.27. The number of rotatable bonds is 5. The molecule has 0 unspecified atom stereocenters. The van der Waals surface area contributed by atoms with Crippen LogP contribution in [0.3, 0.4) is 0 Å². The van der Waals surface area contributed by atoms with Crippen molar-refractivity contribution in [3.8, 4) is 11.4 Å². The molecule has 3 aromatic rings. The lowest BCUT2D eigenvalue weighted by molar-refractivity contribution is 0.0692. The van der Waals surface area contributed by atoms with Crippen LogP contribution in [0, 0.1) is 0 Å². The molecule has 162 valence electrons. The second kappa shape index (κ2) is 8.47. The van der Waals surface area contributed by atoms with E-state index in [-0.39, 0.29) is 48.6 Å². The van der Waals surface area contributed by atoms with Crippen LogP contribution in [0.2, 0.25) is 0 Å². The third-order valence-electron chi connectivity index (χ3n) is 5.03. The first-order valence-corrected chi connectivity index (χ1v) is 11.2. The van der Waals surface area contributed by atoms with Crippen LogP contribution in [-0.2, 0) is 10.0 Å². The topological polar surface area (TPSA) is 138 Å². The van der Waals surface area contributed by atoms with Gasteiger partial charge < -0.3 is 4.90 Å². The molecule has 0 bridgehead atoms. The molecule has 0 atom stereocenters. The highest BCUT2D eigenvalue weighted by Gasteiger charge is 2.33. The van der Waals surface area contributed by atoms with Gasteiger partial charge in [0, 0.05) is 44.1 Å². The maximum Gasteiger partial charge on any atom is 0.276 e. The van der Waals surface area contributed by atoms with E-state index < -0.39 is 10.0 Å². The molecule has 1 amide bonds. The van der Waals surface area contributed by atoms with Gasteiger partial charge in [0.05, 0.1) is 18.1 Å². The number of nitrogens with one attached hydrogen (secondary N) is 1. The van der Waals surface area contributed by atoms with Crippen LogP contribution < -0.4 is 0 Å². The van der Waals surface area contributed by atoms with Crippen molar-refractivity contribution in [3.63, 3.8) is 0 Å². The zero-order chi connectivity index (χ0) is 22.0. The highest BCUT2D eigenvalue weighted by molar-refractivity contribution is 7.89. The van der Waals surface area contributed by atoms with Gasteiger partial charge in [0.15, 0.2) is 11.5 Å². The molecule has 0 aromatic carbocycles. The molecular formula is C19H22N8O3S. The summed E-state index contributed by atoms with van der Waals surface area (Å²) in [5.41, 5.74) is 1.38. The molecule has 1 N–H and O–H groups in total. The number of nitrogens with zero attached hydrogens (tertiary/aromatic N) is 7. The van der Waals surface area contributed by atoms with Gasteiger partial charge in [-0.15, -0.1) is 0 Å². The van der Waals surface area contributed by atoms with Crippen molar-refractivity contribution in [1.29, 1.82) is 0 Å². The van der Waals surface area contributed by atoms with Crippen LogP contribution in [0.1, 0.15) is 35.9 Å². The molecule has 0 spiro atoms. The summed E-state index contributed by atoms with van der Waals surface area (Å²) >= 11 is 0. The number of sulfonamides is 1. The third-order valence-corrected chi connectivity index (χ3v) is 6.94. The van der Waals surface area contributed by atoms with E-state index in [9.17, 15) is 13.2 Å². The van der Waals surface area contributed by atoms with Gasteiger partial charge >= 0.3 is 0 Å². The Morgan fingerprint density at radius 2 is 1.90 bits per heavy atom. The normalized spacial score (nSPS) is 15.4. The minimum atomic E-state index is -3.82. The Bertz CT molecular complexity index is 1160. The molecule has 1 saturated heterocycles. The first-order valence-electron chi connectivity index (χ1n) is 9.80. The second-order valence-corrected chi connectivity index (χ2v) is 9.30. The number of amides is 1. The standard InChI is InChI=1S/C19H22N8O3S/c1-13(2)17-16(12-21-18(23-17)14-4-3-5-20-10-14)31(29,30)27-8-6-26(7-9-27)19(28)15-11-22-25-24-15/h3-5,10-13H,6-9H2,1-2H3,(H,22,24,25). The van der Waals surface area contributed by atoms with Crippen molar-refractivity contribution in [1.82, 2.24) is 39.6 Å². The number of aromatic nitrogens is 6. The Labute approximate surface area is 179 Å². The van der Waals surface area contributed by atoms with E-state index in [1.165, 1.54) is 16.7 Å². The largest absolute Gasteiger partial charge is 0.335 e. The van der Waals surface area contributed by atoms with Crippen molar-refractivity contribution >= 4 is 15.9 Å². The molecule has 31 heavy (non-hydrogen) atoms. The summed E-state index contributed by atoms with van der Waals surface area (Å²) < 4.78 is 28.1. The number of piperazine rings is 1. The minimum Gasteiger partial charge on any atom is -0.335 e. The summed E-state index contributed by atoms with van der Waals surface area (Å²) in [7, 11) is -3.82. The van der Waals surface area contributed by atoms with Crippen LogP contribution >= 0.6 is 0 Å². The van der Waals surface area contributed by atoms with Gasteiger partial charge in [-0.2, -0.15) is 19.7 Å². The van der Waals surface area contributed by atoms with E-state index in [1.54, 1.807) is 23.4 Å². The molecule has 1 fully saturated rings. The first-order chi connectivity index (χ1) is 14.9. The van der Waals surface area contributed by atoms with E-state index in [0.717, 1.165) is 0 Å². The van der Waals surface area contributed by atoms with Gasteiger partial charge in [0.2, 0.25) is 10.0 Å². The third kappa shape index (κ3) is 4.16. The van der Waals surface area contributed by atoms with Crippen molar-refractivity contribution in [2.45, 2.75) is 24.7 Å². The van der Waals surface area contributed by atoms with E-state index in [2.05, 4.69) is 30.4 Å². The summed E-state index contributed by atoms with van der Waals surface area (Å²) in [6.07, 6.45) is 6.01. The molecular weight excluding hydrogens is 420 g/mol. The summed E-state index contributed by atoms with van der Waals surface area (Å²) in [6.45, 7) is 4.65. The summed E-state index contributed by atoms with van der Waals surface area (Å²) in [5.74, 6) is 0.0230. The fraction of sp³-hybridized carbons (Fsp3) is 0.368. The van der Waals surface area contributed by atoms with Gasteiger partial charge in [-0.25, -0.2) is 18.4 Å². The smallest absolute Gasteiger partial charge is 0.276 e. The van der Waals surface area contributed by atoms with Crippen molar-refractivity contribution < 1.29 is 13.2 Å². The summed E-state index contributed by atoms with van der Waals surface area (Å²) in [6, 6.07) is 3.60. The maximum atomic E-state index is 13.4. The Morgan fingerprint density at radius 1 is 1.13 bits per heavy atom. The van der Waals surface area contributed by atoms with Crippen LogP contribution in [0.5, 0.6) is 0 Å².